The maximum absolute atomic E-state index is 12.1. The normalized spacial score (nSPS) is 32.7. The van der Waals surface area contributed by atoms with Crippen molar-refractivity contribution < 1.29 is 29.6 Å². The van der Waals surface area contributed by atoms with Crippen molar-refractivity contribution in [2.24, 2.45) is 0 Å². The van der Waals surface area contributed by atoms with Crippen molar-refractivity contribution >= 4 is 5.91 Å². The highest BCUT2D eigenvalue weighted by atomic mass is 16.7. The first-order chi connectivity index (χ1) is 10.1. The molecule has 0 saturated carbocycles. The number of carbonyl (C=O) groups is 1. The first-order valence-electron chi connectivity index (χ1n) is 6.59. The van der Waals surface area contributed by atoms with Gasteiger partial charge in [0.1, 0.15) is 24.4 Å². The number of carbonyl (C=O) groups excluding carboxylic acids is 1. The lowest BCUT2D eigenvalue weighted by molar-refractivity contribution is -0.261. The van der Waals surface area contributed by atoms with Gasteiger partial charge in [0, 0.05) is 12.7 Å². The fourth-order valence-corrected chi connectivity index (χ4v) is 2.26. The zero-order valence-electron chi connectivity index (χ0n) is 11.5. The van der Waals surface area contributed by atoms with Gasteiger partial charge in [-0.1, -0.05) is 18.2 Å². The summed E-state index contributed by atoms with van der Waals surface area (Å²) in [4.78, 5) is 12.1. The number of aliphatic hydroxyl groups is 3. The number of hydrogen-bond acceptors (Lipinski definition) is 6. The molecule has 116 valence electrons. The number of aliphatic hydroxyl groups excluding tert-OH is 3. The summed E-state index contributed by atoms with van der Waals surface area (Å²) < 4.78 is 10.4. The second kappa shape index (κ2) is 6.97. The molecule has 1 fully saturated rings. The summed E-state index contributed by atoms with van der Waals surface area (Å²) in [6.45, 7) is -0.461. The molecule has 0 radical (unpaired) electrons. The minimum atomic E-state index is -1.32. The van der Waals surface area contributed by atoms with Crippen LogP contribution in [0.25, 0.3) is 0 Å². The molecule has 1 aliphatic rings. The van der Waals surface area contributed by atoms with E-state index >= 15 is 0 Å². The Kier molecular flexibility index (Phi) is 5.27. The number of hydrogen-bond donors (Lipinski definition) is 4. The van der Waals surface area contributed by atoms with E-state index < -0.39 is 43.2 Å². The van der Waals surface area contributed by atoms with Gasteiger partial charge in [-0.15, -0.1) is 0 Å². The molecule has 21 heavy (non-hydrogen) atoms. The van der Waals surface area contributed by atoms with Gasteiger partial charge in [-0.05, 0) is 12.1 Å². The number of amides is 1. The molecule has 0 bridgehead atoms. The zero-order valence-corrected chi connectivity index (χ0v) is 11.5. The number of ether oxygens (including phenoxy) is 2. The third-order valence-corrected chi connectivity index (χ3v) is 3.45. The Morgan fingerprint density at radius 2 is 1.95 bits per heavy atom. The van der Waals surface area contributed by atoms with Gasteiger partial charge in [0.15, 0.2) is 6.29 Å². The molecule has 7 nitrogen and oxygen atoms in total. The molecule has 0 aromatic heterocycles. The van der Waals surface area contributed by atoms with Gasteiger partial charge in [0.05, 0.1) is 6.61 Å². The van der Waals surface area contributed by atoms with Crippen LogP contribution in [0.1, 0.15) is 10.4 Å². The molecular weight excluding hydrogens is 278 g/mol. The quantitative estimate of drug-likeness (QED) is 0.560. The van der Waals surface area contributed by atoms with Gasteiger partial charge in [-0.3, -0.25) is 4.79 Å². The number of rotatable bonds is 4. The van der Waals surface area contributed by atoms with E-state index in [1.54, 1.807) is 30.3 Å². The van der Waals surface area contributed by atoms with Crippen LogP contribution in [-0.2, 0) is 9.47 Å². The molecule has 1 saturated heterocycles. The molecular formula is C14H19NO6. The molecule has 1 aromatic carbocycles. The van der Waals surface area contributed by atoms with Gasteiger partial charge in [-0.25, -0.2) is 0 Å². The van der Waals surface area contributed by atoms with E-state index in [2.05, 4.69) is 5.32 Å². The standard InChI is InChI=1S/C14H19NO6/c1-20-14-10(12(18)11(17)9(7-16)21-14)15-13(19)8-5-3-2-4-6-8/h2-6,9-12,14,16-18H,7H2,1H3,(H,15,19)/t9-,10+,11+,12+,14-/m1/s1. The van der Waals surface area contributed by atoms with Gasteiger partial charge < -0.3 is 30.1 Å². The fourth-order valence-electron chi connectivity index (χ4n) is 2.26. The summed E-state index contributed by atoms with van der Waals surface area (Å²) >= 11 is 0. The molecule has 7 heteroatoms. The monoisotopic (exact) mass is 297 g/mol. The highest BCUT2D eigenvalue weighted by molar-refractivity contribution is 5.94. The largest absolute Gasteiger partial charge is 0.394 e. The Hall–Kier alpha value is -1.51. The van der Waals surface area contributed by atoms with Crippen LogP contribution in [-0.4, -0.2) is 65.6 Å². The third kappa shape index (κ3) is 3.39. The maximum atomic E-state index is 12.1. The second-order valence-corrected chi connectivity index (χ2v) is 4.81. The van der Waals surface area contributed by atoms with E-state index in [4.69, 9.17) is 14.6 Å². The summed E-state index contributed by atoms with van der Waals surface area (Å²) in [6.07, 6.45) is -4.56. The van der Waals surface area contributed by atoms with Crippen molar-refractivity contribution in [3.8, 4) is 0 Å². The van der Waals surface area contributed by atoms with Gasteiger partial charge in [0.2, 0.25) is 0 Å². The van der Waals surface area contributed by atoms with Crippen LogP contribution < -0.4 is 5.32 Å². The maximum Gasteiger partial charge on any atom is 0.251 e. The van der Waals surface area contributed by atoms with Gasteiger partial charge >= 0.3 is 0 Å². The van der Waals surface area contributed by atoms with E-state index in [9.17, 15) is 15.0 Å². The van der Waals surface area contributed by atoms with E-state index in [1.165, 1.54) is 7.11 Å². The molecule has 1 aliphatic heterocycles. The molecule has 0 spiro atoms. The van der Waals surface area contributed by atoms with Crippen molar-refractivity contribution in [1.82, 2.24) is 5.32 Å². The highest BCUT2D eigenvalue weighted by Gasteiger charge is 2.45. The minimum Gasteiger partial charge on any atom is -0.394 e. The number of benzene rings is 1. The lowest BCUT2D eigenvalue weighted by Crippen LogP contribution is -2.64. The highest BCUT2D eigenvalue weighted by Crippen LogP contribution is 2.22. The summed E-state index contributed by atoms with van der Waals surface area (Å²) in [7, 11) is 1.35. The Balaban J connectivity index is 2.11. The predicted octanol–water partition coefficient (Wildman–Crippen LogP) is -1.13. The second-order valence-electron chi connectivity index (χ2n) is 4.81. The van der Waals surface area contributed by atoms with Crippen LogP contribution in [0.4, 0.5) is 0 Å². The van der Waals surface area contributed by atoms with Gasteiger partial charge in [-0.2, -0.15) is 0 Å². The summed E-state index contributed by atoms with van der Waals surface area (Å²) in [5.74, 6) is -0.417. The molecule has 1 aromatic rings. The first kappa shape index (κ1) is 15.9. The lowest BCUT2D eigenvalue weighted by Gasteiger charge is -2.41. The average molecular weight is 297 g/mol. The predicted molar refractivity (Wildman–Crippen MR) is 72.5 cm³/mol. The SMILES string of the molecule is CO[C@@H]1O[C@H](CO)[C@H](O)[C@@H](O)[C@@H]1NC(=O)c1ccccc1. The molecule has 4 N–H and O–H groups in total. The molecule has 0 aliphatic carbocycles. The van der Waals surface area contributed by atoms with Crippen LogP contribution >= 0.6 is 0 Å². The topological polar surface area (TPSA) is 108 Å². The minimum absolute atomic E-state index is 0.415. The van der Waals surface area contributed by atoms with Crippen LogP contribution in [0.15, 0.2) is 30.3 Å². The average Bonchev–Trinajstić information content (AvgIpc) is 2.53. The van der Waals surface area contributed by atoms with E-state index in [-0.39, 0.29) is 0 Å². The number of methoxy groups -OCH3 is 1. The molecule has 5 atom stereocenters. The van der Waals surface area contributed by atoms with Crippen LogP contribution in [0.2, 0.25) is 0 Å². The smallest absolute Gasteiger partial charge is 0.251 e. The van der Waals surface area contributed by atoms with E-state index in [0.29, 0.717) is 5.56 Å². The van der Waals surface area contributed by atoms with Crippen molar-refractivity contribution in [2.45, 2.75) is 30.6 Å². The van der Waals surface area contributed by atoms with Crippen LogP contribution in [0.3, 0.4) is 0 Å². The van der Waals surface area contributed by atoms with Crippen LogP contribution in [0.5, 0.6) is 0 Å². The Labute approximate surface area is 122 Å². The summed E-state index contributed by atoms with van der Waals surface area (Å²) in [6, 6.07) is 7.52. The first-order valence-corrected chi connectivity index (χ1v) is 6.59. The summed E-state index contributed by atoms with van der Waals surface area (Å²) in [5, 5.41) is 31.6. The number of nitrogens with one attached hydrogen (secondary N) is 1. The summed E-state index contributed by atoms with van der Waals surface area (Å²) in [5.41, 5.74) is 0.415. The van der Waals surface area contributed by atoms with Gasteiger partial charge in [0.25, 0.3) is 5.91 Å². The zero-order chi connectivity index (χ0) is 15.4. The van der Waals surface area contributed by atoms with E-state index in [1.807, 2.05) is 0 Å². The van der Waals surface area contributed by atoms with E-state index in [0.717, 1.165) is 0 Å². The Bertz CT molecular complexity index is 466. The molecule has 1 amide bonds. The lowest BCUT2D eigenvalue weighted by atomic mass is 9.96. The van der Waals surface area contributed by atoms with Crippen molar-refractivity contribution in [2.75, 3.05) is 13.7 Å². The molecule has 1 heterocycles. The Morgan fingerprint density at radius 3 is 2.52 bits per heavy atom. The van der Waals surface area contributed by atoms with Crippen molar-refractivity contribution in [3.63, 3.8) is 0 Å². The Morgan fingerprint density at radius 1 is 1.29 bits per heavy atom. The molecule has 0 unspecified atom stereocenters. The third-order valence-electron chi connectivity index (χ3n) is 3.45. The van der Waals surface area contributed by atoms with Crippen LogP contribution in [0, 0.1) is 0 Å². The molecule has 2 rings (SSSR count). The van der Waals surface area contributed by atoms with Crippen molar-refractivity contribution in [3.05, 3.63) is 35.9 Å². The van der Waals surface area contributed by atoms with Crippen molar-refractivity contribution in [1.29, 1.82) is 0 Å². The fraction of sp³-hybridized carbons (Fsp3) is 0.500.